The summed E-state index contributed by atoms with van der Waals surface area (Å²) in [5, 5.41) is 2.76. The third-order valence-corrected chi connectivity index (χ3v) is 5.19. The minimum Gasteiger partial charge on any atom is -0.454 e. The third kappa shape index (κ3) is 2.72. The van der Waals surface area contributed by atoms with Crippen molar-refractivity contribution in [3.63, 3.8) is 0 Å². The zero-order chi connectivity index (χ0) is 14.2. The van der Waals surface area contributed by atoms with Crippen LogP contribution in [0.15, 0.2) is 18.2 Å². The second kappa shape index (κ2) is 4.97. The molecule has 0 aliphatic carbocycles. The molecule has 6 nitrogen and oxygen atoms in total. The van der Waals surface area contributed by atoms with Crippen LogP contribution in [-0.2, 0) is 21.1 Å². The lowest BCUT2D eigenvalue weighted by atomic mass is 10.1. The van der Waals surface area contributed by atoms with Crippen molar-refractivity contribution >= 4 is 15.7 Å². The molecule has 1 amide bonds. The molecule has 2 aliphatic heterocycles. The minimum absolute atomic E-state index is 0.0330. The third-order valence-electron chi connectivity index (χ3n) is 3.43. The van der Waals surface area contributed by atoms with Gasteiger partial charge < -0.3 is 14.8 Å². The van der Waals surface area contributed by atoms with Crippen molar-refractivity contribution in [1.29, 1.82) is 0 Å². The van der Waals surface area contributed by atoms with E-state index in [1.54, 1.807) is 18.2 Å². The number of hydrogen-bond acceptors (Lipinski definition) is 5. The van der Waals surface area contributed by atoms with Gasteiger partial charge in [0, 0.05) is 11.6 Å². The quantitative estimate of drug-likeness (QED) is 0.865. The second-order valence-electron chi connectivity index (χ2n) is 5.00. The van der Waals surface area contributed by atoms with Gasteiger partial charge in [-0.25, -0.2) is 8.42 Å². The van der Waals surface area contributed by atoms with Crippen molar-refractivity contribution in [2.45, 2.75) is 18.9 Å². The maximum Gasteiger partial charge on any atom is 0.231 e. The molecule has 3 rings (SSSR count). The number of rotatable bonds is 3. The van der Waals surface area contributed by atoms with Crippen molar-refractivity contribution in [1.82, 2.24) is 5.32 Å². The van der Waals surface area contributed by atoms with Gasteiger partial charge in [-0.05, 0) is 12.5 Å². The number of hydrogen-bond donors (Lipinski definition) is 1. The first-order chi connectivity index (χ1) is 9.53. The van der Waals surface area contributed by atoms with Gasteiger partial charge in [-0.1, -0.05) is 12.1 Å². The summed E-state index contributed by atoms with van der Waals surface area (Å²) in [7, 11) is -2.98. The highest BCUT2D eigenvalue weighted by Gasteiger charge is 2.29. The molecule has 2 heterocycles. The van der Waals surface area contributed by atoms with E-state index in [0.29, 0.717) is 17.9 Å². The van der Waals surface area contributed by atoms with Gasteiger partial charge in [-0.2, -0.15) is 0 Å². The Kier molecular flexibility index (Phi) is 3.29. The van der Waals surface area contributed by atoms with E-state index in [2.05, 4.69) is 5.32 Å². The molecule has 1 fully saturated rings. The predicted octanol–water partition coefficient (Wildman–Crippen LogP) is 0.261. The Hall–Kier alpha value is -1.76. The molecule has 0 saturated carbocycles. The normalized spacial score (nSPS) is 22.7. The lowest BCUT2D eigenvalue weighted by Crippen LogP contribution is -2.36. The van der Waals surface area contributed by atoms with Crippen LogP contribution in [0.4, 0.5) is 0 Å². The molecular weight excluding hydrogens is 282 g/mol. The molecule has 0 aromatic heterocycles. The van der Waals surface area contributed by atoms with Crippen LogP contribution >= 0.6 is 0 Å². The summed E-state index contributed by atoms with van der Waals surface area (Å²) in [4.78, 5) is 12.0. The Morgan fingerprint density at radius 2 is 2.20 bits per heavy atom. The number of carbonyl (C=O) groups excluding carboxylic acids is 1. The van der Waals surface area contributed by atoms with E-state index < -0.39 is 9.84 Å². The zero-order valence-corrected chi connectivity index (χ0v) is 11.6. The van der Waals surface area contributed by atoms with E-state index in [9.17, 15) is 13.2 Å². The minimum atomic E-state index is -2.98. The fraction of sp³-hybridized carbons (Fsp3) is 0.462. The first kappa shape index (κ1) is 13.2. The number of para-hydroxylation sites is 1. The summed E-state index contributed by atoms with van der Waals surface area (Å²) in [5.74, 6) is 1.22. The summed E-state index contributed by atoms with van der Waals surface area (Å²) in [5.41, 5.74) is 0.748. The first-order valence-corrected chi connectivity index (χ1v) is 8.23. The summed E-state index contributed by atoms with van der Waals surface area (Å²) >= 11 is 0. The van der Waals surface area contributed by atoms with Crippen LogP contribution in [0, 0.1) is 0 Å². The van der Waals surface area contributed by atoms with Crippen molar-refractivity contribution in [2.24, 2.45) is 0 Å². The molecule has 1 aromatic carbocycles. The molecule has 0 bridgehead atoms. The lowest BCUT2D eigenvalue weighted by molar-refractivity contribution is -0.121. The lowest BCUT2D eigenvalue weighted by Gasteiger charge is -2.11. The fourth-order valence-corrected chi connectivity index (χ4v) is 4.16. The van der Waals surface area contributed by atoms with Gasteiger partial charge in [-0.3, -0.25) is 4.79 Å². The van der Waals surface area contributed by atoms with E-state index in [1.807, 2.05) is 0 Å². The van der Waals surface area contributed by atoms with Gasteiger partial charge >= 0.3 is 0 Å². The Morgan fingerprint density at radius 1 is 1.35 bits per heavy atom. The monoisotopic (exact) mass is 297 g/mol. The molecule has 108 valence electrons. The van der Waals surface area contributed by atoms with Crippen LogP contribution in [0.5, 0.6) is 11.5 Å². The van der Waals surface area contributed by atoms with Gasteiger partial charge in [0.15, 0.2) is 21.3 Å². The van der Waals surface area contributed by atoms with E-state index in [-0.39, 0.29) is 36.7 Å². The molecule has 2 aliphatic rings. The van der Waals surface area contributed by atoms with Gasteiger partial charge in [-0.15, -0.1) is 0 Å². The number of benzene rings is 1. The summed E-state index contributed by atoms with van der Waals surface area (Å²) < 4.78 is 33.3. The maximum absolute atomic E-state index is 12.0. The van der Waals surface area contributed by atoms with Crippen molar-refractivity contribution in [3.05, 3.63) is 23.8 Å². The number of amides is 1. The highest BCUT2D eigenvalue weighted by Crippen LogP contribution is 2.35. The topological polar surface area (TPSA) is 81.7 Å². The average molecular weight is 297 g/mol. The SMILES string of the molecule is O=C(Cc1cccc2c1OCO2)NC1CCS(=O)(=O)C1. The first-order valence-electron chi connectivity index (χ1n) is 6.41. The van der Waals surface area contributed by atoms with Gasteiger partial charge in [0.2, 0.25) is 12.7 Å². The van der Waals surface area contributed by atoms with Crippen molar-refractivity contribution in [3.8, 4) is 11.5 Å². The molecule has 1 unspecified atom stereocenters. The molecular formula is C13H15NO5S. The van der Waals surface area contributed by atoms with Crippen LogP contribution in [0.1, 0.15) is 12.0 Å². The molecule has 1 aromatic rings. The summed E-state index contributed by atoms with van der Waals surface area (Å²) in [6.07, 6.45) is 0.643. The van der Waals surface area contributed by atoms with E-state index in [1.165, 1.54) is 0 Å². The number of fused-ring (bicyclic) bond motifs is 1. The second-order valence-corrected chi connectivity index (χ2v) is 7.22. The van der Waals surface area contributed by atoms with Crippen LogP contribution in [0.2, 0.25) is 0 Å². The molecule has 1 N–H and O–H groups in total. The zero-order valence-electron chi connectivity index (χ0n) is 10.8. The largest absolute Gasteiger partial charge is 0.454 e. The highest BCUT2D eigenvalue weighted by atomic mass is 32.2. The molecule has 0 spiro atoms. The fourth-order valence-electron chi connectivity index (χ4n) is 2.49. The van der Waals surface area contributed by atoms with Crippen LogP contribution in [-0.4, -0.2) is 38.7 Å². The summed E-state index contributed by atoms with van der Waals surface area (Å²) in [6, 6.07) is 5.11. The number of nitrogens with one attached hydrogen (secondary N) is 1. The van der Waals surface area contributed by atoms with Crippen molar-refractivity contribution < 1.29 is 22.7 Å². The van der Waals surface area contributed by atoms with Gasteiger partial charge in [0.25, 0.3) is 0 Å². The smallest absolute Gasteiger partial charge is 0.231 e. The van der Waals surface area contributed by atoms with Gasteiger partial charge in [0.05, 0.1) is 17.9 Å². The maximum atomic E-state index is 12.0. The van der Waals surface area contributed by atoms with Crippen LogP contribution < -0.4 is 14.8 Å². The number of ether oxygens (including phenoxy) is 2. The van der Waals surface area contributed by atoms with Crippen LogP contribution in [0.3, 0.4) is 0 Å². The predicted molar refractivity (Wildman–Crippen MR) is 71.5 cm³/mol. The van der Waals surface area contributed by atoms with E-state index in [0.717, 1.165) is 5.56 Å². The van der Waals surface area contributed by atoms with Crippen LogP contribution in [0.25, 0.3) is 0 Å². The standard InChI is InChI=1S/C13H15NO5S/c15-12(14-10-4-5-20(16,17)7-10)6-9-2-1-3-11-13(9)19-8-18-11/h1-3,10H,4-8H2,(H,14,15). The molecule has 7 heteroatoms. The summed E-state index contributed by atoms with van der Waals surface area (Å²) in [6.45, 7) is 0.162. The average Bonchev–Trinajstić information content (AvgIpc) is 2.96. The van der Waals surface area contributed by atoms with Gasteiger partial charge in [0.1, 0.15) is 0 Å². The Labute approximate surface area is 117 Å². The Bertz CT molecular complexity index is 640. The highest BCUT2D eigenvalue weighted by molar-refractivity contribution is 7.91. The molecule has 1 atom stereocenters. The van der Waals surface area contributed by atoms with Crippen molar-refractivity contribution in [2.75, 3.05) is 18.3 Å². The molecule has 0 radical (unpaired) electrons. The molecule has 20 heavy (non-hydrogen) atoms. The van der Waals surface area contributed by atoms with E-state index in [4.69, 9.17) is 9.47 Å². The number of sulfone groups is 1. The Balaban J connectivity index is 1.64. The number of carbonyl (C=O) groups is 1. The van der Waals surface area contributed by atoms with E-state index >= 15 is 0 Å². The Morgan fingerprint density at radius 3 is 2.95 bits per heavy atom. The molecule has 1 saturated heterocycles.